The summed E-state index contributed by atoms with van der Waals surface area (Å²) in [6.45, 7) is 2.24. The van der Waals surface area contributed by atoms with Gasteiger partial charge in [-0.15, -0.1) is 0 Å². The second-order valence-corrected chi connectivity index (χ2v) is 4.81. The first kappa shape index (κ1) is 11.2. The van der Waals surface area contributed by atoms with Crippen LogP contribution in [0, 0.1) is 5.92 Å². The molecule has 1 N–H and O–H groups in total. The summed E-state index contributed by atoms with van der Waals surface area (Å²) in [6.07, 6.45) is 6.85. The van der Waals surface area contributed by atoms with Crippen molar-refractivity contribution in [1.82, 2.24) is 4.90 Å². The van der Waals surface area contributed by atoms with Crippen molar-refractivity contribution in [3.63, 3.8) is 0 Å². The van der Waals surface area contributed by atoms with Crippen molar-refractivity contribution in [1.29, 1.82) is 0 Å². The molecule has 4 nitrogen and oxygen atoms in total. The Kier molecular flexibility index (Phi) is 2.74. The van der Waals surface area contributed by atoms with Crippen LogP contribution in [0.4, 0.5) is 0 Å². The molecular weight excluding hydrogens is 206 g/mol. The molecule has 0 aromatic carbocycles. The number of likely N-dealkylation sites (tertiary alicyclic amines) is 1. The zero-order chi connectivity index (χ0) is 11.8. The highest BCUT2D eigenvalue weighted by Gasteiger charge is 2.47. The molecule has 1 heterocycles. The highest BCUT2D eigenvalue weighted by Crippen LogP contribution is 2.33. The lowest BCUT2D eigenvalue weighted by Crippen LogP contribution is -2.52. The topological polar surface area (TPSA) is 57.6 Å². The van der Waals surface area contributed by atoms with Gasteiger partial charge in [0.25, 0.3) is 0 Å². The van der Waals surface area contributed by atoms with E-state index in [1.807, 2.05) is 12.2 Å². The number of allylic oxidation sites excluding steroid dienone is 2. The lowest BCUT2D eigenvalue weighted by molar-refractivity contribution is -0.156. The molecule has 0 aromatic rings. The molecular formula is C12H17NO3. The second kappa shape index (κ2) is 3.92. The Hall–Kier alpha value is -1.32. The maximum Gasteiger partial charge on any atom is 0.329 e. The number of carbonyl (C=O) groups is 2. The summed E-state index contributed by atoms with van der Waals surface area (Å²) in [5, 5.41) is 9.23. The van der Waals surface area contributed by atoms with E-state index in [1.54, 1.807) is 11.8 Å². The smallest absolute Gasteiger partial charge is 0.329 e. The van der Waals surface area contributed by atoms with Crippen LogP contribution in [0.2, 0.25) is 0 Å². The predicted octanol–water partition coefficient (Wildman–Crippen LogP) is 1.42. The third-order valence-corrected chi connectivity index (χ3v) is 3.72. The van der Waals surface area contributed by atoms with Gasteiger partial charge in [-0.1, -0.05) is 12.2 Å². The van der Waals surface area contributed by atoms with E-state index in [4.69, 9.17) is 0 Å². The van der Waals surface area contributed by atoms with Gasteiger partial charge < -0.3 is 10.0 Å². The second-order valence-electron chi connectivity index (χ2n) is 4.81. The third-order valence-electron chi connectivity index (χ3n) is 3.72. The molecule has 1 amide bonds. The molecule has 1 aliphatic carbocycles. The standard InChI is InChI=1S/C12H17NO3/c1-12(11(15)16)7-4-8-13(12)10(14)9-5-2-3-6-9/h2-3,9H,4-8H2,1H3,(H,15,16). The molecule has 0 spiro atoms. The number of hydrogen-bond acceptors (Lipinski definition) is 2. The van der Waals surface area contributed by atoms with Crippen molar-refractivity contribution < 1.29 is 14.7 Å². The molecule has 4 heteroatoms. The first-order valence-electron chi connectivity index (χ1n) is 5.75. The van der Waals surface area contributed by atoms with Crippen LogP contribution in [0.5, 0.6) is 0 Å². The number of carboxylic acids is 1. The molecule has 2 aliphatic rings. The summed E-state index contributed by atoms with van der Waals surface area (Å²) in [4.78, 5) is 25.0. The van der Waals surface area contributed by atoms with Crippen LogP contribution in [0.1, 0.15) is 32.6 Å². The maximum absolute atomic E-state index is 12.2. The van der Waals surface area contributed by atoms with Gasteiger partial charge in [0.2, 0.25) is 5.91 Å². The number of aliphatic carboxylic acids is 1. The summed E-state index contributed by atoms with van der Waals surface area (Å²) in [6, 6.07) is 0. The van der Waals surface area contributed by atoms with E-state index in [0.717, 1.165) is 19.3 Å². The van der Waals surface area contributed by atoms with Crippen molar-refractivity contribution in [2.75, 3.05) is 6.54 Å². The minimum atomic E-state index is -0.986. The number of carboxylic acid groups (broad SMARTS) is 1. The van der Waals surface area contributed by atoms with Crippen LogP contribution in [0.25, 0.3) is 0 Å². The third kappa shape index (κ3) is 1.62. The van der Waals surface area contributed by atoms with Gasteiger partial charge in [0.1, 0.15) is 5.54 Å². The monoisotopic (exact) mass is 223 g/mol. The summed E-state index contributed by atoms with van der Waals surface area (Å²) in [5.74, 6) is -0.909. The highest BCUT2D eigenvalue weighted by atomic mass is 16.4. The zero-order valence-electron chi connectivity index (χ0n) is 9.48. The van der Waals surface area contributed by atoms with Crippen molar-refractivity contribution in [2.45, 2.75) is 38.1 Å². The Morgan fingerprint density at radius 1 is 1.38 bits per heavy atom. The lowest BCUT2D eigenvalue weighted by atomic mass is 9.97. The van der Waals surface area contributed by atoms with Crippen LogP contribution >= 0.6 is 0 Å². The van der Waals surface area contributed by atoms with Crippen molar-refractivity contribution in [3.8, 4) is 0 Å². The van der Waals surface area contributed by atoms with Gasteiger partial charge in [-0.3, -0.25) is 4.79 Å². The van der Waals surface area contributed by atoms with Gasteiger partial charge in [-0.25, -0.2) is 4.79 Å². The zero-order valence-corrected chi connectivity index (χ0v) is 9.48. The molecule has 0 radical (unpaired) electrons. The van der Waals surface area contributed by atoms with E-state index in [1.165, 1.54) is 0 Å². The van der Waals surface area contributed by atoms with Gasteiger partial charge in [0, 0.05) is 12.5 Å². The van der Waals surface area contributed by atoms with Crippen molar-refractivity contribution in [3.05, 3.63) is 12.2 Å². The molecule has 88 valence electrons. The molecule has 1 fully saturated rings. The Balaban J connectivity index is 2.13. The van der Waals surface area contributed by atoms with Crippen LogP contribution in [0.15, 0.2) is 12.2 Å². The summed E-state index contributed by atoms with van der Waals surface area (Å²) in [7, 11) is 0. The number of nitrogens with zero attached hydrogens (tertiary/aromatic N) is 1. The van der Waals surface area contributed by atoms with Gasteiger partial charge >= 0.3 is 5.97 Å². The fraction of sp³-hybridized carbons (Fsp3) is 0.667. The number of hydrogen-bond donors (Lipinski definition) is 1. The van der Waals surface area contributed by atoms with E-state index in [0.29, 0.717) is 13.0 Å². The minimum Gasteiger partial charge on any atom is -0.480 e. The largest absolute Gasteiger partial charge is 0.480 e. The molecule has 0 saturated carbocycles. The van der Waals surface area contributed by atoms with Crippen molar-refractivity contribution in [2.24, 2.45) is 5.92 Å². The summed E-state index contributed by atoms with van der Waals surface area (Å²) >= 11 is 0. The van der Waals surface area contributed by atoms with E-state index >= 15 is 0 Å². The average molecular weight is 223 g/mol. The van der Waals surface area contributed by atoms with Crippen molar-refractivity contribution >= 4 is 11.9 Å². The summed E-state index contributed by atoms with van der Waals surface area (Å²) in [5.41, 5.74) is -0.986. The average Bonchev–Trinajstić information content (AvgIpc) is 2.85. The molecule has 16 heavy (non-hydrogen) atoms. The molecule has 1 saturated heterocycles. The maximum atomic E-state index is 12.2. The Morgan fingerprint density at radius 2 is 2.00 bits per heavy atom. The van der Waals surface area contributed by atoms with Crippen LogP contribution in [0.3, 0.4) is 0 Å². The van der Waals surface area contributed by atoms with Crippen LogP contribution < -0.4 is 0 Å². The van der Waals surface area contributed by atoms with Crippen LogP contribution in [-0.4, -0.2) is 34.0 Å². The summed E-state index contributed by atoms with van der Waals surface area (Å²) < 4.78 is 0. The normalized spacial score (nSPS) is 29.9. The minimum absolute atomic E-state index is 0.00685. The molecule has 1 atom stereocenters. The highest BCUT2D eigenvalue weighted by molar-refractivity contribution is 5.88. The molecule has 1 unspecified atom stereocenters. The first-order valence-corrected chi connectivity index (χ1v) is 5.75. The van der Waals surface area contributed by atoms with E-state index < -0.39 is 11.5 Å². The quantitative estimate of drug-likeness (QED) is 0.720. The fourth-order valence-electron chi connectivity index (χ4n) is 2.58. The van der Waals surface area contributed by atoms with E-state index in [9.17, 15) is 14.7 Å². The molecule has 0 aromatic heterocycles. The Labute approximate surface area is 94.9 Å². The SMILES string of the molecule is CC1(C(=O)O)CCCN1C(=O)C1CC=CC1. The van der Waals surface area contributed by atoms with Gasteiger partial charge in [-0.2, -0.15) is 0 Å². The van der Waals surface area contributed by atoms with E-state index in [2.05, 4.69) is 0 Å². The van der Waals surface area contributed by atoms with E-state index in [-0.39, 0.29) is 11.8 Å². The number of carbonyl (C=O) groups excluding carboxylic acids is 1. The predicted molar refractivity (Wildman–Crippen MR) is 58.9 cm³/mol. The first-order chi connectivity index (χ1) is 7.55. The fourth-order valence-corrected chi connectivity index (χ4v) is 2.58. The number of amides is 1. The van der Waals surface area contributed by atoms with Gasteiger partial charge in [0.05, 0.1) is 0 Å². The molecule has 1 aliphatic heterocycles. The van der Waals surface area contributed by atoms with Gasteiger partial charge in [0.15, 0.2) is 0 Å². The molecule has 2 rings (SSSR count). The Bertz CT molecular complexity index is 342. The number of rotatable bonds is 2. The Morgan fingerprint density at radius 3 is 2.56 bits per heavy atom. The van der Waals surface area contributed by atoms with Crippen LogP contribution in [-0.2, 0) is 9.59 Å². The lowest BCUT2D eigenvalue weighted by Gasteiger charge is -2.33. The van der Waals surface area contributed by atoms with Gasteiger partial charge in [-0.05, 0) is 32.6 Å². The molecule has 0 bridgehead atoms.